The Hall–Kier alpha value is -3.20. The summed E-state index contributed by atoms with van der Waals surface area (Å²) >= 11 is 5.96. The quantitative estimate of drug-likeness (QED) is 0.582. The molecule has 156 valence electrons. The van der Waals surface area contributed by atoms with Crippen molar-refractivity contribution in [3.05, 3.63) is 52.8 Å². The number of rotatable bonds is 6. The van der Waals surface area contributed by atoms with Gasteiger partial charge in [0.25, 0.3) is 0 Å². The molecule has 4 rings (SSSR count). The maximum Gasteiger partial charge on any atom is 0.242 e. The maximum atomic E-state index is 13.6. The molecule has 1 aromatic carbocycles. The van der Waals surface area contributed by atoms with Crippen molar-refractivity contribution in [1.82, 2.24) is 25.6 Å². The van der Waals surface area contributed by atoms with Gasteiger partial charge in [-0.3, -0.25) is 4.79 Å². The Morgan fingerprint density at radius 3 is 2.77 bits per heavy atom. The van der Waals surface area contributed by atoms with Gasteiger partial charge in [0.2, 0.25) is 11.9 Å². The van der Waals surface area contributed by atoms with Crippen molar-refractivity contribution in [2.24, 2.45) is 0 Å². The van der Waals surface area contributed by atoms with Crippen molar-refractivity contribution in [3.8, 4) is 5.75 Å². The van der Waals surface area contributed by atoms with Crippen LogP contribution in [0.3, 0.4) is 0 Å². The minimum atomic E-state index is -0.779. The fourth-order valence-corrected chi connectivity index (χ4v) is 3.98. The Morgan fingerprint density at radius 2 is 2.10 bits per heavy atom. The number of H-pyrrole nitrogens is 1. The zero-order valence-corrected chi connectivity index (χ0v) is 17.6. The van der Waals surface area contributed by atoms with E-state index in [1.165, 1.54) is 13.3 Å². The van der Waals surface area contributed by atoms with Crippen LogP contribution in [0.5, 0.6) is 5.75 Å². The van der Waals surface area contributed by atoms with Crippen molar-refractivity contribution < 1.29 is 9.53 Å². The highest BCUT2D eigenvalue weighted by atomic mass is 35.5. The van der Waals surface area contributed by atoms with Crippen molar-refractivity contribution in [2.45, 2.75) is 25.2 Å². The zero-order valence-electron chi connectivity index (χ0n) is 16.9. The number of hydrogen-bond acceptors (Lipinski definition) is 7. The molecule has 1 aliphatic rings. The molecule has 9 nitrogen and oxygen atoms in total. The second-order valence-corrected chi connectivity index (χ2v) is 7.95. The third-order valence-corrected chi connectivity index (χ3v) is 5.60. The lowest BCUT2D eigenvalue weighted by molar-refractivity contribution is -0.122. The topological polar surface area (TPSA) is 109 Å². The molecule has 3 heterocycles. The van der Waals surface area contributed by atoms with E-state index in [4.69, 9.17) is 16.3 Å². The average molecular weight is 428 g/mol. The minimum Gasteiger partial charge on any atom is -0.494 e. The summed E-state index contributed by atoms with van der Waals surface area (Å²) in [5, 5.41) is 17.3. The number of nitrogens with zero attached hydrogens (tertiary/aromatic N) is 5. The average Bonchev–Trinajstić information content (AvgIpc) is 3.23. The van der Waals surface area contributed by atoms with Crippen molar-refractivity contribution in [1.29, 1.82) is 0 Å². The summed E-state index contributed by atoms with van der Waals surface area (Å²) in [7, 11) is 1.52. The number of aromatic amines is 1. The SMILES string of the molecule is COc1cc(Cl)ncc1NC(=O)C1(c2ccccc2C(C)C)CN(c2nnn[nH]2)C1. The zero-order chi connectivity index (χ0) is 21.3. The normalized spacial score (nSPS) is 15.0. The van der Waals surface area contributed by atoms with Crippen LogP contribution in [0.2, 0.25) is 5.15 Å². The number of amides is 1. The first-order valence-electron chi connectivity index (χ1n) is 9.53. The number of nitrogens with one attached hydrogen (secondary N) is 2. The van der Waals surface area contributed by atoms with Gasteiger partial charge in [-0.1, -0.05) is 54.8 Å². The molecule has 1 amide bonds. The highest BCUT2D eigenvalue weighted by Crippen LogP contribution is 2.41. The fourth-order valence-electron chi connectivity index (χ4n) is 3.83. The standard InChI is InChI=1S/C20H22ClN7O2/c1-12(2)13-6-4-5-7-14(13)20(10-28(11-20)19-24-26-27-25-19)18(29)23-15-9-22-17(21)8-16(15)30-3/h4-9,12H,10-11H2,1-3H3,(H,23,29)(H,24,25,26,27). The van der Waals surface area contributed by atoms with Gasteiger partial charge in [-0.15, -0.1) is 0 Å². The van der Waals surface area contributed by atoms with Crippen LogP contribution in [-0.2, 0) is 10.2 Å². The summed E-state index contributed by atoms with van der Waals surface area (Å²) in [6.07, 6.45) is 1.50. The summed E-state index contributed by atoms with van der Waals surface area (Å²) in [5.41, 5.74) is 1.80. The number of aromatic nitrogens is 5. The van der Waals surface area contributed by atoms with E-state index in [-0.39, 0.29) is 17.0 Å². The van der Waals surface area contributed by atoms with Crippen LogP contribution in [0.1, 0.15) is 30.9 Å². The van der Waals surface area contributed by atoms with Gasteiger partial charge in [-0.05, 0) is 27.5 Å². The van der Waals surface area contributed by atoms with Crippen LogP contribution in [-0.4, -0.2) is 51.7 Å². The molecule has 0 aliphatic carbocycles. The number of ether oxygens (including phenoxy) is 1. The van der Waals surface area contributed by atoms with Gasteiger partial charge in [0.1, 0.15) is 22.0 Å². The van der Waals surface area contributed by atoms with Gasteiger partial charge in [-0.2, -0.15) is 0 Å². The summed E-state index contributed by atoms with van der Waals surface area (Å²) in [6.45, 7) is 5.10. The number of halogens is 1. The van der Waals surface area contributed by atoms with Crippen LogP contribution < -0.4 is 15.0 Å². The molecule has 2 N–H and O–H groups in total. The highest BCUT2D eigenvalue weighted by molar-refractivity contribution is 6.29. The van der Waals surface area contributed by atoms with Gasteiger partial charge in [0.05, 0.1) is 13.3 Å². The molecule has 0 atom stereocenters. The first-order chi connectivity index (χ1) is 14.4. The number of anilines is 2. The van der Waals surface area contributed by atoms with Gasteiger partial charge >= 0.3 is 0 Å². The molecule has 30 heavy (non-hydrogen) atoms. The molecular formula is C20H22ClN7O2. The smallest absolute Gasteiger partial charge is 0.242 e. The molecule has 0 unspecified atom stereocenters. The van der Waals surface area contributed by atoms with E-state index in [1.54, 1.807) is 6.07 Å². The summed E-state index contributed by atoms with van der Waals surface area (Å²) < 4.78 is 5.36. The van der Waals surface area contributed by atoms with Gasteiger partial charge in [-0.25, -0.2) is 10.1 Å². The molecular weight excluding hydrogens is 406 g/mol. The molecule has 0 radical (unpaired) electrons. The Morgan fingerprint density at radius 1 is 1.33 bits per heavy atom. The Balaban J connectivity index is 1.71. The maximum absolute atomic E-state index is 13.6. The van der Waals surface area contributed by atoms with E-state index in [0.29, 0.717) is 30.5 Å². The molecule has 0 bridgehead atoms. The van der Waals surface area contributed by atoms with E-state index in [2.05, 4.69) is 50.8 Å². The molecule has 2 aromatic heterocycles. The van der Waals surface area contributed by atoms with Crippen LogP contribution in [0.4, 0.5) is 11.6 Å². The van der Waals surface area contributed by atoms with E-state index in [0.717, 1.165) is 11.1 Å². The number of hydrogen-bond donors (Lipinski definition) is 2. The summed E-state index contributed by atoms with van der Waals surface area (Å²) in [6, 6.07) is 9.60. The predicted octanol–water partition coefficient (Wildman–Crippen LogP) is 2.78. The van der Waals surface area contributed by atoms with Crippen molar-refractivity contribution in [2.75, 3.05) is 30.4 Å². The second kappa shape index (κ2) is 7.91. The lowest BCUT2D eigenvalue weighted by atomic mass is 9.70. The lowest BCUT2D eigenvalue weighted by Gasteiger charge is -2.49. The molecule has 0 spiro atoms. The number of benzene rings is 1. The molecule has 0 saturated carbocycles. The van der Waals surface area contributed by atoms with Gasteiger partial charge < -0.3 is 15.0 Å². The van der Waals surface area contributed by atoms with E-state index in [9.17, 15) is 4.79 Å². The third kappa shape index (κ3) is 3.45. The largest absolute Gasteiger partial charge is 0.494 e. The molecule has 1 fully saturated rings. The lowest BCUT2D eigenvalue weighted by Crippen LogP contribution is -2.66. The molecule has 10 heteroatoms. The first-order valence-corrected chi connectivity index (χ1v) is 9.91. The summed E-state index contributed by atoms with van der Waals surface area (Å²) in [4.78, 5) is 19.7. The van der Waals surface area contributed by atoms with Crippen LogP contribution >= 0.6 is 11.6 Å². The second-order valence-electron chi connectivity index (χ2n) is 7.57. The third-order valence-electron chi connectivity index (χ3n) is 5.39. The highest BCUT2D eigenvalue weighted by Gasteiger charge is 2.53. The first kappa shape index (κ1) is 20.1. The fraction of sp³-hybridized carbons (Fsp3) is 0.350. The number of carbonyl (C=O) groups excluding carboxylic acids is 1. The van der Waals surface area contributed by atoms with Crippen molar-refractivity contribution >= 4 is 29.1 Å². The van der Waals surface area contributed by atoms with Crippen LogP contribution in [0.15, 0.2) is 36.5 Å². The predicted molar refractivity (Wildman–Crippen MR) is 113 cm³/mol. The Labute approximate surface area is 178 Å². The number of tetrazole rings is 1. The van der Waals surface area contributed by atoms with Crippen LogP contribution in [0, 0.1) is 0 Å². The van der Waals surface area contributed by atoms with Gasteiger partial charge in [0.15, 0.2) is 0 Å². The van der Waals surface area contributed by atoms with E-state index in [1.807, 2.05) is 23.1 Å². The van der Waals surface area contributed by atoms with Gasteiger partial charge in [0, 0.05) is 19.2 Å². The molecule has 3 aromatic rings. The van der Waals surface area contributed by atoms with E-state index < -0.39 is 5.41 Å². The summed E-state index contributed by atoms with van der Waals surface area (Å²) in [5.74, 6) is 1.10. The monoisotopic (exact) mass is 427 g/mol. The van der Waals surface area contributed by atoms with Crippen LogP contribution in [0.25, 0.3) is 0 Å². The number of methoxy groups -OCH3 is 1. The van der Waals surface area contributed by atoms with E-state index >= 15 is 0 Å². The molecule has 1 saturated heterocycles. The number of pyridine rings is 1. The number of carbonyl (C=O) groups is 1. The van der Waals surface area contributed by atoms with Crippen molar-refractivity contribution in [3.63, 3.8) is 0 Å². The Kier molecular flexibility index (Phi) is 5.29. The molecule has 1 aliphatic heterocycles. The Bertz CT molecular complexity index is 1050. The minimum absolute atomic E-state index is 0.151.